The number of ether oxygens (including phenoxy) is 3. The van der Waals surface area contributed by atoms with Crippen molar-refractivity contribution in [1.29, 1.82) is 0 Å². The molecule has 1 atom stereocenters. The summed E-state index contributed by atoms with van der Waals surface area (Å²) in [5.41, 5.74) is 1.13. The Morgan fingerprint density at radius 3 is 2.33 bits per heavy atom. The molecule has 1 aromatic rings. The van der Waals surface area contributed by atoms with Crippen LogP contribution < -0.4 is 10.1 Å². The average Bonchev–Trinajstić information content (AvgIpc) is 2.47. The van der Waals surface area contributed by atoms with Gasteiger partial charge in [-0.1, -0.05) is 22.9 Å². The lowest BCUT2D eigenvalue weighted by Crippen LogP contribution is -2.44. The largest absolute Gasteiger partial charge is 0.496 e. The highest BCUT2D eigenvalue weighted by Crippen LogP contribution is 2.25. The Morgan fingerprint density at radius 1 is 1.14 bits per heavy atom. The molecule has 1 N–H and O–H groups in total. The molecule has 4 nitrogen and oxygen atoms in total. The zero-order chi connectivity index (χ0) is 15.7. The van der Waals surface area contributed by atoms with Crippen molar-refractivity contribution in [1.82, 2.24) is 5.32 Å². The number of rotatable bonds is 10. The molecule has 0 aliphatic carbocycles. The maximum atomic E-state index is 5.74. The van der Waals surface area contributed by atoms with E-state index in [9.17, 15) is 0 Å². The van der Waals surface area contributed by atoms with Crippen molar-refractivity contribution in [3.63, 3.8) is 0 Å². The van der Waals surface area contributed by atoms with Crippen molar-refractivity contribution in [2.75, 3.05) is 26.9 Å². The van der Waals surface area contributed by atoms with E-state index in [0.717, 1.165) is 28.8 Å². The van der Waals surface area contributed by atoms with Gasteiger partial charge in [-0.25, -0.2) is 0 Å². The summed E-state index contributed by atoms with van der Waals surface area (Å²) >= 11 is 3.51. The minimum absolute atomic E-state index is 0.0816. The zero-order valence-electron chi connectivity index (χ0n) is 13.3. The van der Waals surface area contributed by atoms with Crippen LogP contribution in [0.5, 0.6) is 5.75 Å². The molecule has 0 amide bonds. The van der Waals surface area contributed by atoms with E-state index < -0.39 is 0 Å². The molecule has 1 unspecified atom stereocenters. The Kier molecular flexibility index (Phi) is 8.92. The summed E-state index contributed by atoms with van der Waals surface area (Å²) in [6, 6.07) is 6.11. The SMILES string of the molecule is CCNC(Cc1cc(Br)ccc1OC)C(OCC)OCC. The normalized spacial score (nSPS) is 12.7. The van der Waals surface area contributed by atoms with Gasteiger partial charge in [-0.2, -0.15) is 0 Å². The van der Waals surface area contributed by atoms with Crippen LogP contribution in [-0.4, -0.2) is 39.2 Å². The van der Waals surface area contributed by atoms with E-state index in [1.807, 2.05) is 26.0 Å². The topological polar surface area (TPSA) is 39.7 Å². The van der Waals surface area contributed by atoms with Crippen LogP contribution in [0.2, 0.25) is 0 Å². The molecule has 5 heteroatoms. The van der Waals surface area contributed by atoms with Gasteiger partial charge in [0.25, 0.3) is 0 Å². The summed E-state index contributed by atoms with van der Waals surface area (Å²) in [6.45, 7) is 8.16. The van der Waals surface area contributed by atoms with Crippen molar-refractivity contribution in [3.8, 4) is 5.75 Å². The number of likely N-dealkylation sites (N-methyl/N-ethyl adjacent to an activating group) is 1. The predicted octanol–water partition coefficient (Wildman–Crippen LogP) is 3.38. The van der Waals surface area contributed by atoms with E-state index in [-0.39, 0.29) is 12.3 Å². The van der Waals surface area contributed by atoms with E-state index in [2.05, 4.69) is 34.2 Å². The summed E-state index contributed by atoms with van der Waals surface area (Å²) < 4.78 is 18.0. The van der Waals surface area contributed by atoms with Gasteiger partial charge in [-0.15, -0.1) is 0 Å². The lowest BCUT2D eigenvalue weighted by atomic mass is 10.0. The lowest BCUT2D eigenvalue weighted by molar-refractivity contribution is -0.153. The average molecular weight is 360 g/mol. The molecule has 0 heterocycles. The summed E-state index contributed by atoms with van der Waals surface area (Å²) in [7, 11) is 1.69. The van der Waals surface area contributed by atoms with E-state index in [1.54, 1.807) is 7.11 Å². The standard InChI is InChI=1S/C16H26BrNO3/c1-5-18-14(16(20-6-2)21-7-3)11-12-10-13(17)8-9-15(12)19-4/h8-10,14,16,18H,5-7,11H2,1-4H3. The monoisotopic (exact) mass is 359 g/mol. The Labute approximate surface area is 136 Å². The van der Waals surface area contributed by atoms with Gasteiger partial charge < -0.3 is 19.5 Å². The highest BCUT2D eigenvalue weighted by Gasteiger charge is 2.23. The molecule has 21 heavy (non-hydrogen) atoms. The predicted molar refractivity (Wildman–Crippen MR) is 88.9 cm³/mol. The number of hydrogen-bond donors (Lipinski definition) is 1. The van der Waals surface area contributed by atoms with Gasteiger partial charge >= 0.3 is 0 Å². The van der Waals surface area contributed by atoms with Gasteiger partial charge in [0, 0.05) is 17.7 Å². The van der Waals surface area contributed by atoms with Crippen LogP contribution in [-0.2, 0) is 15.9 Å². The molecule has 0 aliphatic rings. The van der Waals surface area contributed by atoms with Crippen LogP contribution in [0.4, 0.5) is 0 Å². The lowest BCUT2D eigenvalue weighted by Gasteiger charge is -2.28. The van der Waals surface area contributed by atoms with Crippen LogP contribution in [0.25, 0.3) is 0 Å². The zero-order valence-corrected chi connectivity index (χ0v) is 14.9. The van der Waals surface area contributed by atoms with Crippen molar-refractivity contribution < 1.29 is 14.2 Å². The van der Waals surface area contributed by atoms with Gasteiger partial charge in [0.2, 0.25) is 0 Å². The highest BCUT2D eigenvalue weighted by molar-refractivity contribution is 9.10. The molecule has 0 fully saturated rings. The van der Waals surface area contributed by atoms with Crippen molar-refractivity contribution in [3.05, 3.63) is 28.2 Å². The first-order valence-electron chi connectivity index (χ1n) is 7.45. The van der Waals surface area contributed by atoms with E-state index in [4.69, 9.17) is 14.2 Å². The van der Waals surface area contributed by atoms with E-state index >= 15 is 0 Å². The van der Waals surface area contributed by atoms with Gasteiger partial charge in [0.15, 0.2) is 6.29 Å². The van der Waals surface area contributed by atoms with Crippen molar-refractivity contribution in [2.24, 2.45) is 0 Å². The van der Waals surface area contributed by atoms with Gasteiger partial charge in [-0.05, 0) is 50.6 Å². The minimum atomic E-state index is -0.261. The van der Waals surface area contributed by atoms with Crippen LogP contribution >= 0.6 is 15.9 Å². The molecule has 0 saturated carbocycles. The second kappa shape index (κ2) is 10.2. The van der Waals surface area contributed by atoms with Gasteiger partial charge in [0.1, 0.15) is 5.75 Å². The van der Waals surface area contributed by atoms with Gasteiger partial charge in [-0.3, -0.25) is 0 Å². The number of methoxy groups -OCH3 is 1. The first kappa shape index (κ1) is 18.4. The van der Waals surface area contributed by atoms with Crippen LogP contribution in [0.15, 0.2) is 22.7 Å². The maximum Gasteiger partial charge on any atom is 0.172 e. The number of benzene rings is 1. The third-order valence-electron chi connectivity index (χ3n) is 3.14. The van der Waals surface area contributed by atoms with Crippen LogP contribution in [0.3, 0.4) is 0 Å². The fourth-order valence-electron chi connectivity index (χ4n) is 2.28. The first-order chi connectivity index (χ1) is 10.2. The maximum absolute atomic E-state index is 5.74. The molecule has 0 aliphatic heterocycles. The van der Waals surface area contributed by atoms with Crippen molar-refractivity contribution in [2.45, 2.75) is 39.5 Å². The Balaban J connectivity index is 2.92. The molecular weight excluding hydrogens is 334 g/mol. The molecule has 0 aromatic heterocycles. The molecule has 0 spiro atoms. The summed E-state index contributed by atoms with van der Waals surface area (Å²) in [6.07, 6.45) is 0.518. The molecular formula is C16H26BrNO3. The van der Waals surface area contributed by atoms with E-state index in [0.29, 0.717) is 13.2 Å². The molecule has 0 radical (unpaired) electrons. The fraction of sp³-hybridized carbons (Fsp3) is 0.625. The molecule has 1 aromatic carbocycles. The highest BCUT2D eigenvalue weighted by atomic mass is 79.9. The third-order valence-corrected chi connectivity index (χ3v) is 3.63. The Hall–Kier alpha value is -0.620. The number of halogens is 1. The first-order valence-corrected chi connectivity index (χ1v) is 8.24. The summed E-state index contributed by atoms with van der Waals surface area (Å²) in [4.78, 5) is 0. The van der Waals surface area contributed by atoms with E-state index in [1.165, 1.54) is 0 Å². The molecule has 0 saturated heterocycles. The van der Waals surface area contributed by atoms with Crippen LogP contribution in [0, 0.1) is 0 Å². The smallest absolute Gasteiger partial charge is 0.172 e. The molecule has 0 bridgehead atoms. The van der Waals surface area contributed by atoms with Crippen molar-refractivity contribution >= 4 is 15.9 Å². The Morgan fingerprint density at radius 2 is 1.81 bits per heavy atom. The number of nitrogens with one attached hydrogen (secondary N) is 1. The van der Waals surface area contributed by atoms with Gasteiger partial charge in [0.05, 0.1) is 13.2 Å². The second-order valence-electron chi connectivity index (χ2n) is 4.60. The third kappa shape index (κ3) is 5.94. The molecule has 1 rings (SSSR count). The van der Waals surface area contributed by atoms with Crippen LogP contribution in [0.1, 0.15) is 26.3 Å². The quantitative estimate of drug-likeness (QED) is 0.650. The minimum Gasteiger partial charge on any atom is -0.496 e. The second-order valence-corrected chi connectivity index (χ2v) is 5.52. The molecule has 120 valence electrons. The fourth-order valence-corrected chi connectivity index (χ4v) is 2.69. The summed E-state index contributed by atoms with van der Waals surface area (Å²) in [5.74, 6) is 0.882. The summed E-state index contributed by atoms with van der Waals surface area (Å²) in [5, 5.41) is 3.45. The Bertz CT molecular complexity index is 409. The number of hydrogen-bond acceptors (Lipinski definition) is 4.